The Balaban J connectivity index is 2.12. The maximum absolute atomic E-state index is 14.1. The summed E-state index contributed by atoms with van der Waals surface area (Å²) in [7, 11) is 2.40. The number of hydrogen-bond donors (Lipinski definition) is 1. The van der Waals surface area contributed by atoms with Gasteiger partial charge in [0.15, 0.2) is 0 Å². The van der Waals surface area contributed by atoms with E-state index in [9.17, 15) is 45.1 Å². The Morgan fingerprint density at radius 2 is 1.40 bits per heavy atom. The van der Waals surface area contributed by atoms with E-state index in [4.69, 9.17) is 9.47 Å². The minimum absolute atomic E-state index is 0.0196. The highest BCUT2D eigenvalue weighted by Gasteiger charge is 2.42. The number of likely N-dealkylation sites (N-methyl/N-ethyl adjacent to an activating group) is 1. The third-order valence-electron chi connectivity index (χ3n) is 7.94. The molecule has 3 rings (SSSR count). The molecule has 0 saturated heterocycles. The van der Waals surface area contributed by atoms with Crippen LogP contribution in [0.3, 0.4) is 0 Å². The summed E-state index contributed by atoms with van der Waals surface area (Å²) in [5.41, 5.74) is -6.85. The molecule has 1 unspecified atom stereocenters. The standard InChI is InChI=1S/C37H38F7N3O5/c1-21-15-25(38)12-13-27(21)28-19-26(11-10-14-35(7,31(49)51-9)46-32(50)52-33(2,3)4)45-20-29(28)47(8)30(48)34(5,6)22-16-23(36(39,40)41)18-24(17-22)37(42,43)44/h12-13,15-20H,14H2,1-9H3,(H,46,50). The summed E-state index contributed by atoms with van der Waals surface area (Å²) in [5, 5.41) is 2.46. The minimum atomic E-state index is -5.13. The summed E-state index contributed by atoms with van der Waals surface area (Å²) in [6, 6.07) is 6.24. The SMILES string of the molecule is COC(=O)C(C)(CC#Cc1cc(-c2ccc(F)cc2C)c(N(C)C(=O)C(C)(C)c2cc(C(F)(F)F)cc(C(F)(F)F)c2)cn1)NC(=O)OC(C)(C)C. The van der Waals surface area contributed by atoms with E-state index in [1.807, 2.05) is 0 Å². The van der Waals surface area contributed by atoms with Crippen molar-refractivity contribution in [1.82, 2.24) is 10.3 Å². The zero-order valence-corrected chi connectivity index (χ0v) is 29.9. The number of halogens is 7. The van der Waals surface area contributed by atoms with Crippen molar-refractivity contribution in [2.45, 2.75) is 83.8 Å². The molecule has 0 spiro atoms. The van der Waals surface area contributed by atoms with Crippen LogP contribution < -0.4 is 10.2 Å². The monoisotopic (exact) mass is 737 g/mol. The van der Waals surface area contributed by atoms with E-state index in [1.54, 1.807) is 27.7 Å². The summed E-state index contributed by atoms with van der Waals surface area (Å²) in [5.74, 6) is 3.29. The van der Waals surface area contributed by atoms with Crippen LogP contribution in [0.25, 0.3) is 11.1 Å². The number of aromatic nitrogens is 1. The average molecular weight is 738 g/mol. The van der Waals surface area contributed by atoms with Crippen LogP contribution in [0.4, 0.5) is 41.2 Å². The lowest BCUT2D eigenvalue weighted by Gasteiger charge is -2.32. The van der Waals surface area contributed by atoms with E-state index in [-0.39, 0.29) is 29.4 Å². The van der Waals surface area contributed by atoms with E-state index in [0.717, 1.165) is 18.1 Å². The van der Waals surface area contributed by atoms with Gasteiger partial charge in [0.25, 0.3) is 0 Å². The molecule has 2 aromatic carbocycles. The van der Waals surface area contributed by atoms with Gasteiger partial charge in [0.2, 0.25) is 5.91 Å². The molecule has 280 valence electrons. The van der Waals surface area contributed by atoms with Crippen molar-refractivity contribution in [1.29, 1.82) is 0 Å². The molecule has 1 aromatic heterocycles. The number of carbonyl (C=O) groups excluding carboxylic acids is 3. The number of pyridine rings is 1. The van der Waals surface area contributed by atoms with Crippen LogP contribution in [0.2, 0.25) is 0 Å². The molecular weight excluding hydrogens is 699 g/mol. The second kappa shape index (κ2) is 14.8. The Kier molecular flexibility index (Phi) is 11.8. The van der Waals surface area contributed by atoms with Crippen molar-refractivity contribution >= 4 is 23.7 Å². The molecule has 0 aliphatic heterocycles. The Morgan fingerprint density at radius 1 is 0.846 bits per heavy atom. The highest BCUT2D eigenvalue weighted by Crippen LogP contribution is 2.41. The number of alkyl halides is 6. The molecule has 1 atom stereocenters. The summed E-state index contributed by atoms with van der Waals surface area (Å²) < 4.78 is 106. The Hall–Kier alpha value is -5.13. The highest BCUT2D eigenvalue weighted by atomic mass is 19.4. The molecule has 0 radical (unpaired) electrons. The molecular formula is C37H38F7N3O5. The fraction of sp³-hybridized carbons (Fsp3) is 0.405. The first-order chi connectivity index (χ1) is 23.7. The quantitative estimate of drug-likeness (QED) is 0.149. The minimum Gasteiger partial charge on any atom is -0.467 e. The van der Waals surface area contributed by atoms with Crippen LogP contribution in [0.1, 0.15) is 75.9 Å². The molecule has 0 aliphatic rings. The van der Waals surface area contributed by atoms with Crippen LogP contribution in [0, 0.1) is 24.6 Å². The van der Waals surface area contributed by atoms with Crippen molar-refractivity contribution in [3.63, 3.8) is 0 Å². The molecule has 2 amide bonds. The number of methoxy groups -OCH3 is 1. The molecule has 8 nitrogen and oxygen atoms in total. The molecule has 52 heavy (non-hydrogen) atoms. The molecule has 15 heteroatoms. The fourth-order valence-electron chi connectivity index (χ4n) is 5.13. The Bertz CT molecular complexity index is 1890. The Morgan fingerprint density at radius 3 is 1.90 bits per heavy atom. The largest absolute Gasteiger partial charge is 0.467 e. The highest BCUT2D eigenvalue weighted by molar-refractivity contribution is 6.03. The van der Waals surface area contributed by atoms with Gasteiger partial charge in [0.05, 0.1) is 35.5 Å². The Labute approximate surface area is 296 Å². The maximum atomic E-state index is 14.1. The van der Waals surface area contributed by atoms with Gasteiger partial charge >= 0.3 is 24.4 Å². The number of esters is 1. The number of anilines is 1. The molecule has 1 N–H and O–H groups in total. The van der Waals surface area contributed by atoms with Crippen LogP contribution in [0.5, 0.6) is 0 Å². The zero-order valence-electron chi connectivity index (χ0n) is 29.9. The number of carbonyl (C=O) groups is 3. The predicted octanol–water partition coefficient (Wildman–Crippen LogP) is 8.37. The van der Waals surface area contributed by atoms with Crippen molar-refractivity contribution in [3.05, 3.63) is 82.4 Å². The normalized spacial score (nSPS) is 13.3. The molecule has 0 bridgehead atoms. The molecule has 0 fully saturated rings. The molecule has 1 heterocycles. The van der Waals surface area contributed by atoms with Gasteiger partial charge in [0, 0.05) is 19.0 Å². The summed E-state index contributed by atoms with van der Waals surface area (Å²) >= 11 is 0. The molecule has 3 aromatic rings. The fourth-order valence-corrected chi connectivity index (χ4v) is 5.13. The predicted molar refractivity (Wildman–Crippen MR) is 179 cm³/mol. The number of aryl methyl sites for hydroxylation is 1. The van der Waals surface area contributed by atoms with Gasteiger partial charge in [-0.1, -0.05) is 12.0 Å². The van der Waals surface area contributed by atoms with Crippen LogP contribution >= 0.6 is 0 Å². The van der Waals surface area contributed by atoms with Crippen LogP contribution in [-0.2, 0) is 36.8 Å². The third kappa shape index (κ3) is 9.80. The number of ether oxygens (including phenoxy) is 2. The number of rotatable bonds is 7. The average Bonchev–Trinajstić information content (AvgIpc) is 3.01. The van der Waals surface area contributed by atoms with Gasteiger partial charge in [0.1, 0.15) is 22.7 Å². The van der Waals surface area contributed by atoms with E-state index < -0.39 is 69.4 Å². The van der Waals surface area contributed by atoms with Gasteiger partial charge in [-0.05, 0) is 107 Å². The van der Waals surface area contributed by atoms with Crippen LogP contribution in [0.15, 0.2) is 48.7 Å². The topological polar surface area (TPSA) is 97.8 Å². The third-order valence-corrected chi connectivity index (χ3v) is 7.94. The second-order valence-corrected chi connectivity index (χ2v) is 13.8. The summed E-state index contributed by atoms with van der Waals surface area (Å²) in [6.07, 6.45) is -10.2. The van der Waals surface area contributed by atoms with E-state index >= 15 is 0 Å². The first-order valence-corrected chi connectivity index (χ1v) is 15.6. The van der Waals surface area contributed by atoms with Crippen molar-refractivity contribution in [2.75, 3.05) is 19.1 Å². The van der Waals surface area contributed by atoms with Gasteiger partial charge in [-0.15, -0.1) is 0 Å². The lowest BCUT2D eigenvalue weighted by atomic mass is 9.81. The number of amides is 2. The molecule has 0 aliphatic carbocycles. The van der Waals surface area contributed by atoms with Gasteiger partial charge in [-0.25, -0.2) is 19.0 Å². The number of benzene rings is 2. The lowest BCUT2D eigenvalue weighted by Crippen LogP contribution is -2.53. The first-order valence-electron chi connectivity index (χ1n) is 15.6. The lowest BCUT2D eigenvalue weighted by molar-refractivity contribution is -0.147. The smallest absolute Gasteiger partial charge is 0.416 e. The summed E-state index contributed by atoms with van der Waals surface area (Å²) in [4.78, 5) is 44.4. The van der Waals surface area contributed by atoms with E-state index in [1.165, 1.54) is 52.2 Å². The first kappa shape index (κ1) is 41.3. The maximum Gasteiger partial charge on any atom is 0.416 e. The van der Waals surface area contributed by atoms with Gasteiger partial charge in [-0.2, -0.15) is 26.3 Å². The molecule has 0 saturated carbocycles. The number of nitrogens with zero attached hydrogens (tertiary/aromatic N) is 2. The van der Waals surface area contributed by atoms with Crippen molar-refractivity contribution < 1.29 is 54.6 Å². The van der Waals surface area contributed by atoms with E-state index in [2.05, 4.69) is 22.1 Å². The number of hydrogen-bond acceptors (Lipinski definition) is 6. The van der Waals surface area contributed by atoms with Gasteiger partial charge in [-0.3, -0.25) is 4.79 Å². The van der Waals surface area contributed by atoms with Crippen molar-refractivity contribution in [3.8, 4) is 23.0 Å². The summed E-state index contributed by atoms with van der Waals surface area (Å²) in [6.45, 7) is 10.3. The number of alkyl carbamates (subject to hydrolysis) is 1. The zero-order chi connectivity index (χ0) is 39.6. The van der Waals surface area contributed by atoms with Gasteiger partial charge < -0.3 is 19.7 Å². The van der Waals surface area contributed by atoms with Crippen LogP contribution in [-0.4, -0.2) is 48.3 Å². The second-order valence-electron chi connectivity index (χ2n) is 13.8. The number of nitrogens with one attached hydrogen (secondary N) is 1. The van der Waals surface area contributed by atoms with Crippen molar-refractivity contribution in [2.24, 2.45) is 0 Å². The van der Waals surface area contributed by atoms with E-state index in [0.29, 0.717) is 23.3 Å².